The number of hydrogen-bond donors (Lipinski definition) is 4. The summed E-state index contributed by atoms with van der Waals surface area (Å²) in [5.41, 5.74) is 7.90. The molecule has 1 heterocycles. The topological polar surface area (TPSA) is 108 Å². The number of benzene rings is 1. The number of carboxylic acid groups (broad SMARTS) is 1. The second-order valence-corrected chi connectivity index (χ2v) is 5.88. The van der Waals surface area contributed by atoms with E-state index in [1.54, 1.807) is 6.92 Å². The molecule has 0 aliphatic heterocycles. The molecule has 2 rings (SSSR count). The molecule has 1 aromatic carbocycles. The number of carboxylic acids is 1. The number of nitrogens with one attached hydrogen (secondary N) is 2. The van der Waals surface area contributed by atoms with Crippen molar-refractivity contribution in [2.24, 2.45) is 11.7 Å². The molecule has 6 nitrogen and oxygen atoms in total. The van der Waals surface area contributed by atoms with Crippen LogP contribution >= 0.6 is 0 Å². The Hall–Kier alpha value is -2.34. The standard InChI is InChI=1S/C17H23N3O3/c1-3-10(2)15(17(22)23)20-16(21)13(18)8-11-9-19-14-7-5-4-6-12(11)14/h4-7,9-10,13,15,19H,3,8,18H2,1-2H3,(H,20,21)(H,22,23)/t10-,13-,15-/m0/s1/i16+1,17+1. The van der Waals surface area contributed by atoms with E-state index in [2.05, 4.69) is 10.3 Å². The molecule has 0 bridgehead atoms. The zero-order valence-corrected chi connectivity index (χ0v) is 13.4. The summed E-state index contributed by atoms with van der Waals surface area (Å²) in [7, 11) is 0. The Morgan fingerprint density at radius 3 is 2.70 bits per heavy atom. The maximum Gasteiger partial charge on any atom is 0.326 e. The summed E-state index contributed by atoms with van der Waals surface area (Å²) in [6.45, 7) is 3.68. The summed E-state index contributed by atoms with van der Waals surface area (Å²) in [6, 6.07) is 6.06. The van der Waals surface area contributed by atoms with E-state index in [4.69, 9.17) is 5.73 Å². The van der Waals surface area contributed by atoms with Gasteiger partial charge in [0, 0.05) is 17.1 Å². The Morgan fingerprint density at radius 2 is 2.04 bits per heavy atom. The van der Waals surface area contributed by atoms with Crippen LogP contribution in [0, 0.1) is 5.92 Å². The highest BCUT2D eigenvalue weighted by molar-refractivity contribution is 5.88. The quantitative estimate of drug-likeness (QED) is 0.582. The summed E-state index contributed by atoms with van der Waals surface area (Å²) in [4.78, 5) is 26.7. The Kier molecular flexibility index (Phi) is 5.39. The van der Waals surface area contributed by atoms with E-state index in [0.29, 0.717) is 12.8 Å². The van der Waals surface area contributed by atoms with E-state index >= 15 is 0 Å². The number of fused-ring (bicyclic) bond motifs is 1. The first-order chi connectivity index (χ1) is 10.9. The number of aliphatic carboxylic acids is 1. The van der Waals surface area contributed by atoms with Gasteiger partial charge in [0.1, 0.15) is 6.04 Å². The van der Waals surface area contributed by atoms with Gasteiger partial charge in [0.25, 0.3) is 0 Å². The van der Waals surface area contributed by atoms with Crippen LogP contribution in [0.1, 0.15) is 25.8 Å². The summed E-state index contributed by atoms with van der Waals surface area (Å²) in [5.74, 6) is -1.63. The minimum absolute atomic E-state index is 0.156. The number of aromatic amines is 1. The van der Waals surface area contributed by atoms with E-state index in [-0.39, 0.29) is 5.92 Å². The van der Waals surface area contributed by atoms with Crippen LogP contribution in [-0.4, -0.2) is 34.1 Å². The number of para-hydroxylation sites is 1. The highest BCUT2D eigenvalue weighted by Gasteiger charge is 2.27. The second kappa shape index (κ2) is 7.28. The third kappa shape index (κ3) is 3.90. The normalized spacial score (nSPS) is 15.1. The van der Waals surface area contributed by atoms with Crippen LogP contribution in [0.4, 0.5) is 0 Å². The molecule has 2 aromatic rings. The number of amides is 1. The van der Waals surface area contributed by atoms with Crippen molar-refractivity contribution in [2.45, 2.75) is 38.8 Å². The van der Waals surface area contributed by atoms with Gasteiger partial charge in [-0.15, -0.1) is 0 Å². The Balaban J connectivity index is 2.06. The van der Waals surface area contributed by atoms with E-state index in [1.807, 2.05) is 37.4 Å². The lowest BCUT2D eigenvalue weighted by molar-refractivity contribution is -0.143. The van der Waals surface area contributed by atoms with Gasteiger partial charge in [-0.05, 0) is 24.0 Å². The number of aromatic nitrogens is 1. The van der Waals surface area contributed by atoms with Crippen LogP contribution in [0.5, 0.6) is 0 Å². The Morgan fingerprint density at radius 1 is 1.35 bits per heavy atom. The van der Waals surface area contributed by atoms with Crippen LogP contribution in [0.15, 0.2) is 30.5 Å². The van der Waals surface area contributed by atoms with Crippen LogP contribution in [-0.2, 0) is 16.0 Å². The van der Waals surface area contributed by atoms with Gasteiger partial charge in [0.2, 0.25) is 5.91 Å². The molecule has 0 saturated heterocycles. The van der Waals surface area contributed by atoms with Gasteiger partial charge in [-0.3, -0.25) is 4.79 Å². The fourth-order valence-corrected chi connectivity index (χ4v) is 2.57. The molecule has 6 heteroatoms. The van der Waals surface area contributed by atoms with Crippen molar-refractivity contribution in [3.8, 4) is 0 Å². The fraction of sp³-hybridized carbons (Fsp3) is 0.412. The molecule has 3 atom stereocenters. The molecular weight excluding hydrogens is 296 g/mol. The summed E-state index contributed by atoms with van der Waals surface area (Å²) < 4.78 is 0. The Labute approximate surface area is 135 Å². The molecule has 5 N–H and O–H groups in total. The molecule has 23 heavy (non-hydrogen) atoms. The second-order valence-electron chi connectivity index (χ2n) is 5.88. The highest BCUT2D eigenvalue weighted by atomic mass is 16.5. The van der Waals surface area contributed by atoms with E-state index in [9.17, 15) is 14.7 Å². The number of carbonyl (C=O) groups excluding carboxylic acids is 1. The van der Waals surface area contributed by atoms with Crippen molar-refractivity contribution >= 4 is 22.8 Å². The minimum atomic E-state index is -1.04. The monoisotopic (exact) mass is 319 g/mol. The van der Waals surface area contributed by atoms with E-state index in [1.165, 1.54) is 0 Å². The third-order valence-corrected chi connectivity index (χ3v) is 4.23. The highest BCUT2D eigenvalue weighted by Crippen LogP contribution is 2.19. The lowest BCUT2D eigenvalue weighted by Crippen LogP contribution is -2.51. The molecule has 0 saturated carbocycles. The molecule has 1 amide bonds. The van der Waals surface area contributed by atoms with Crippen LogP contribution in [0.3, 0.4) is 0 Å². The van der Waals surface area contributed by atoms with Crippen LogP contribution in [0.2, 0.25) is 0 Å². The molecule has 0 spiro atoms. The SMILES string of the molecule is CC[C@H](C)[C@H](N[13C](=O)[C@@H](N)Cc1c[nH]c2ccccc12)[13C](=O)O. The smallest absolute Gasteiger partial charge is 0.326 e. The van der Waals surface area contributed by atoms with E-state index in [0.717, 1.165) is 16.5 Å². The Bertz CT molecular complexity index is 695. The van der Waals surface area contributed by atoms with Gasteiger partial charge >= 0.3 is 5.97 Å². The zero-order valence-electron chi connectivity index (χ0n) is 13.4. The largest absolute Gasteiger partial charge is 0.480 e. The van der Waals surface area contributed by atoms with Gasteiger partial charge in [-0.1, -0.05) is 38.5 Å². The summed E-state index contributed by atoms with van der Waals surface area (Å²) in [5, 5.41) is 12.8. The molecule has 0 radical (unpaired) electrons. The maximum atomic E-state index is 12.2. The van der Waals surface area contributed by atoms with Crippen LogP contribution in [0.25, 0.3) is 10.9 Å². The molecule has 0 aliphatic rings. The van der Waals surface area contributed by atoms with E-state index < -0.39 is 24.0 Å². The summed E-state index contributed by atoms with van der Waals surface area (Å²) >= 11 is 0. The van der Waals surface area contributed by atoms with Gasteiger partial charge in [-0.2, -0.15) is 0 Å². The first kappa shape index (κ1) is 17.0. The molecule has 124 valence electrons. The van der Waals surface area contributed by atoms with Gasteiger partial charge < -0.3 is 21.1 Å². The first-order valence-corrected chi connectivity index (χ1v) is 7.77. The number of nitrogens with two attached hydrogens (primary N) is 1. The average Bonchev–Trinajstić information content (AvgIpc) is 2.94. The van der Waals surface area contributed by atoms with Gasteiger partial charge in [0.05, 0.1) is 6.04 Å². The number of H-pyrrole nitrogens is 1. The third-order valence-electron chi connectivity index (χ3n) is 4.23. The number of carbonyl (C=O) groups is 2. The summed E-state index contributed by atoms with van der Waals surface area (Å²) in [6.07, 6.45) is 2.85. The van der Waals surface area contributed by atoms with Gasteiger partial charge in [0.15, 0.2) is 0 Å². The number of hydrogen-bond acceptors (Lipinski definition) is 3. The van der Waals surface area contributed by atoms with Gasteiger partial charge in [-0.25, -0.2) is 4.79 Å². The fourth-order valence-electron chi connectivity index (χ4n) is 2.57. The predicted molar refractivity (Wildman–Crippen MR) is 89.0 cm³/mol. The van der Waals surface area contributed by atoms with Crippen molar-refractivity contribution in [3.63, 3.8) is 0 Å². The lowest BCUT2D eigenvalue weighted by Gasteiger charge is -2.22. The predicted octanol–water partition coefficient (Wildman–Crippen LogP) is 1.65. The zero-order chi connectivity index (χ0) is 17.0. The molecule has 0 aliphatic carbocycles. The molecule has 0 unspecified atom stereocenters. The maximum absolute atomic E-state index is 12.2. The van der Waals surface area contributed by atoms with Crippen molar-refractivity contribution < 1.29 is 14.7 Å². The minimum Gasteiger partial charge on any atom is -0.480 e. The van der Waals surface area contributed by atoms with Crippen molar-refractivity contribution in [1.82, 2.24) is 10.3 Å². The average molecular weight is 319 g/mol. The van der Waals surface area contributed by atoms with Crippen molar-refractivity contribution in [2.75, 3.05) is 0 Å². The molecular formula is C17H23N3O3. The van der Waals surface area contributed by atoms with Crippen LogP contribution < -0.4 is 11.1 Å². The van der Waals surface area contributed by atoms with Crippen molar-refractivity contribution in [3.05, 3.63) is 36.0 Å². The van der Waals surface area contributed by atoms with Crippen molar-refractivity contribution in [1.29, 1.82) is 0 Å². The lowest BCUT2D eigenvalue weighted by atomic mass is 10.0. The number of rotatable bonds is 7. The molecule has 0 fully saturated rings. The first-order valence-electron chi connectivity index (χ1n) is 7.77. The molecule has 1 aromatic heterocycles.